The van der Waals surface area contributed by atoms with E-state index >= 15 is 0 Å². The predicted octanol–water partition coefficient (Wildman–Crippen LogP) is 1.32. The number of fused-ring (bicyclic) bond motifs is 1. The average molecular weight is 250 g/mol. The van der Waals surface area contributed by atoms with E-state index < -0.39 is 0 Å². The van der Waals surface area contributed by atoms with Crippen molar-refractivity contribution in [2.75, 3.05) is 6.54 Å². The number of carbonyl (C=O) groups is 2. The molecule has 1 fully saturated rings. The van der Waals surface area contributed by atoms with E-state index in [0.717, 1.165) is 17.8 Å². The van der Waals surface area contributed by atoms with Crippen LogP contribution in [0.3, 0.4) is 0 Å². The summed E-state index contributed by atoms with van der Waals surface area (Å²) in [4.78, 5) is 30.3. The van der Waals surface area contributed by atoms with Crippen LogP contribution in [0.4, 0.5) is 0 Å². The van der Waals surface area contributed by atoms with Gasteiger partial charge >= 0.3 is 0 Å². The van der Waals surface area contributed by atoms with Crippen molar-refractivity contribution in [3.8, 4) is 0 Å². The van der Waals surface area contributed by atoms with E-state index in [-0.39, 0.29) is 24.7 Å². The van der Waals surface area contributed by atoms with Gasteiger partial charge in [-0.15, -0.1) is 11.3 Å². The predicted molar refractivity (Wildman–Crippen MR) is 63.8 cm³/mol. The topological polar surface area (TPSA) is 50.3 Å². The second-order valence-corrected chi connectivity index (χ2v) is 5.82. The van der Waals surface area contributed by atoms with Crippen LogP contribution in [0.25, 0.3) is 0 Å². The van der Waals surface area contributed by atoms with Crippen molar-refractivity contribution < 1.29 is 9.59 Å². The number of ketones is 1. The maximum absolute atomic E-state index is 11.5. The largest absolute Gasteiger partial charge is 0.328 e. The Morgan fingerprint density at radius 3 is 2.76 bits per heavy atom. The lowest BCUT2D eigenvalue weighted by Crippen LogP contribution is -2.24. The Labute approximate surface area is 104 Å². The summed E-state index contributed by atoms with van der Waals surface area (Å²) in [5, 5.41) is 0.986. The fourth-order valence-electron chi connectivity index (χ4n) is 2.42. The number of aryl methyl sites for hydroxylation is 2. The molecule has 1 aliphatic carbocycles. The first kappa shape index (κ1) is 10.9. The number of hydrogen-bond donors (Lipinski definition) is 0. The third-order valence-electron chi connectivity index (χ3n) is 3.28. The van der Waals surface area contributed by atoms with Gasteiger partial charge in [0.2, 0.25) is 5.91 Å². The number of nitrogens with zero attached hydrogens (tertiary/aromatic N) is 2. The Balaban J connectivity index is 1.75. The lowest BCUT2D eigenvalue weighted by atomic mass is 10.0. The Bertz CT molecular complexity index is 457. The highest BCUT2D eigenvalue weighted by atomic mass is 32.1. The fourth-order valence-corrected chi connectivity index (χ4v) is 3.59. The summed E-state index contributed by atoms with van der Waals surface area (Å²) in [6, 6.07) is 0. The maximum Gasteiger partial charge on any atom is 0.230 e. The van der Waals surface area contributed by atoms with E-state index in [1.54, 1.807) is 16.2 Å². The SMILES string of the molecule is O=C1CC(=O)N(Cc2nc3c(s2)CCCC3)C1. The van der Waals surface area contributed by atoms with Gasteiger partial charge in [-0.3, -0.25) is 9.59 Å². The maximum atomic E-state index is 11.5. The Morgan fingerprint density at radius 2 is 2.06 bits per heavy atom. The molecule has 0 atom stereocenters. The number of hydrogen-bond acceptors (Lipinski definition) is 4. The van der Waals surface area contributed by atoms with Crippen LogP contribution in [0.5, 0.6) is 0 Å². The van der Waals surface area contributed by atoms with Gasteiger partial charge in [0.15, 0.2) is 5.78 Å². The van der Waals surface area contributed by atoms with Gasteiger partial charge in [0.25, 0.3) is 0 Å². The molecule has 1 amide bonds. The van der Waals surface area contributed by atoms with Crippen molar-refractivity contribution in [3.05, 3.63) is 15.6 Å². The summed E-state index contributed by atoms with van der Waals surface area (Å²) in [5.41, 5.74) is 1.22. The molecular weight excluding hydrogens is 236 g/mol. The lowest BCUT2D eigenvalue weighted by Gasteiger charge is -2.11. The van der Waals surface area contributed by atoms with Crippen LogP contribution in [-0.2, 0) is 29.0 Å². The summed E-state index contributed by atoms with van der Waals surface area (Å²) < 4.78 is 0. The van der Waals surface area contributed by atoms with E-state index in [1.165, 1.54) is 23.4 Å². The minimum Gasteiger partial charge on any atom is -0.328 e. The van der Waals surface area contributed by atoms with E-state index in [1.807, 2.05) is 0 Å². The van der Waals surface area contributed by atoms with Gasteiger partial charge < -0.3 is 4.90 Å². The highest BCUT2D eigenvalue weighted by Gasteiger charge is 2.28. The van der Waals surface area contributed by atoms with E-state index in [2.05, 4.69) is 4.98 Å². The van der Waals surface area contributed by atoms with Crippen LogP contribution in [-0.4, -0.2) is 28.1 Å². The van der Waals surface area contributed by atoms with Crippen molar-refractivity contribution in [2.24, 2.45) is 0 Å². The van der Waals surface area contributed by atoms with Crippen LogP contribution in [0.2, 0.25) is 0 Å². The third kappa shape index (κ3) is 2.11. The van der Waals surface area contributed by atoms with Crippen molar-refractivity contribution in [2.45, 2.75) is 38.6 Å². The van der Waals surface area contributed by atoms with Crippen molar-refractivity contribution >= 4 is 23.0 Å². The summed E-state index contributed by atoms with van der Waals surface area (Å²) in [6.45, 7) is 0.783. The van der Waals surface area contributed by atoms with Crippen LogP contribution in [0.15, 0.2) is 0 Å². The zero-order valence-electron chi connectivity index (χ0n) is 9.57. The molecule has 0 spiro atoms. The molecule has 0 bridgehead atoms. The van der Waals surface area contributed by atoms with Crippen molar-refractivity contribution in [1.29, 1.82) is 0 Å². The summed E-state index contributed by atoms with van der Waals surface area (Å²) in [6.07, 6.45) is 4.73. The van der Waals surface area contributed by atoms with Crippen LogP contribution >= 0.6 is 11.3 Å². The van der Waals surface area contributed by atoms with Gasteiger partial charge in [-0.1, -0.05) is 0 Å². The Kier molecular flexibility index (Phi) is 2.70. The van der Waals surface area contributed by atoms with Gasteiger partial charge in [-0.05, 0) is 25.7 Å². The van der Waals surface area contributed by atoms with Gasteiger partial charge in [0, 0.05) is 4.88 Å². The van der Waals surface area contributed by atoms with E-state index in [0.29, 0.717) is 6.54 Å². The normalized spacial score (nSPS) is 19.9. The standard InChI is InChI=1S/C12H14N2O2S/c15-8-5-12(16)14(6-8)7-11-13-9-3-1-2-4-10(9)17-11/h1-7H2. The number of amides is 1. The number of carbonyl (C=O) groups excluding carboxylic acids is 2. The molecule has 90 valence electrons. The molecule has 1 saturated heterocycles. The molecule has 3 rings (SSSR count). The van der Waals surface area contributed by atoms with Crippen LogP contribution in [0.1, 0.15) is 34.8 Å². The molecule has 0 radical (unpaired) electrons. The van der Waals surface area contributed by atoms with Gasteiger partial charge in [-0.25, -0.2) is 4.98 Å². The molecule has 5 heteroatoms. The van der Waals surface area contributed by atoms with Gasteiger partial charge in [0.1, 0.15) is 5.01 Å². The molecule has 1 aliphatic heterocycles. The second-order valence-electron chi connectivity index (χ2n) is 4.65. The highest BCUT2D eigenvalue weighted by Crippen LogP contribution is 2.27. The minimum atomic E-state index is -0.0526. The minimum absolute atomic E-state index is 0.0244. The first-order valence-corrected chi connectivity index (χ1v) is 6.81. The molecule has 17 heavy (non-hydrogen) atoms. The zero-order chi connectivity index (χ0) is 11.8. The van der Waals surface area contributed by atoms with E-state index in [4.69, 9.17) is 0 Å². The molecule has 0 unspecified atom stereocenters. The smallest absolute Gasteiger partial charge is 0.230 e. The molecular formula is C12H14N2O2S. The summed E-state index contributed by atoms with van der Waals surface area (Å²) in [7, 11) is 0. The zero-order valence-corrected chi connectivity index (χ0v) is 10.4. The summed E-state index contributed by atoms with van der Waals surface area (Å²) in [5.74, 6) is -0.0282. The van der Waals surface area contributed by atoms with Gasteiger partial charge in [0.05, 0.1) is 25.2 Å². The second kappa shape index (κ2) is 4.22. The monoisotopic (exact) mass is 250 g/mol. The quantitative estimate of drug-likeness (QED) is 0.744. The number of Topliss-reactive ketones (excluding diaryl/α,β-unsaturated/α-hetero) is 1. The highest BCUT2D eigenvalue weighted by molar-refractivity contribution is 7.11. The molecule has 0 aromatic carbocycles. The fraction of sp³-hybridized carbons (Fsp3) is 0.583. The lowest BCUT2D eigenvalue weighted by molar-refractivity contribution is -0.128. The molecule has 2 heterocycles. The van der Waals surface area contributed by atoms with Crippen LogP contribution in [0, 0.1) is 0 Å². The number of thiazole rings is 1. The average Bonchev–Trinajstić information content (AvgIpc) is 2.82. The first-order valence-electron chi connectivity index (χ1n) is 5.99. The Hall–Kier alpha value is -1.23. The molecule has 1 aromatic rings. The number of rotatable bonds is 2. The first-order chi connectivity index (χ1) is 8.22. The summed E-state index contributed by atoms with van der Waals surface area (Å²) >= 11 is 1.71. The number of aromatic nitrogens is 1. The van der Waals surface area contributed by atoms with Gasteiger partial charge in [-0.2, -0.15) is 0 Å². The number of likely N-dealkylation sites (tertiary alicyclic amines) is 1. The van der Waals surface area contributed by atoms with E-state index in [9.17, 15) is 9.59 Å². The molecule has 0 N–H and O–H groups in total. The Morgan fingerprint density at radius 1 is 1.24 bits per heavy atom. The molecule has 4 nitrogen and oxygen atoms in total. The molecule has 1 aromatic heterocycles. The third-order valence-corrected chi connectivity index (χ3v) is 4.43. The van der Waals surface area contributed by atoms with Crippen molar-refractivity contribution in [1.82, 2.24) is 9.88 Å². The molecule has 2 aliphatic rings. The van der Waals surface area contributed by atoms with Crippen LogP contribution < -0.4 is 0 Å². The molecule has 0 saturated carbocycles. The van der Waals surface area contributed by atoms with Crippen molar-refractivity contribution in [3.63, 3.8) is 0 Å².